The van der Waals surface area contributed by atoms with Crippen molar-refractivity contribution in [3.8, 4) is 22.8 Å². The minimum absolute atomic E-state index is 0.281. The Morgan fingerprint density at radius 1 is 1.10 bits per heavy atom. The summed E-state index contributed by atoms with van der Waals surface area (Å²) >= 11 is 0. The molecule has 4 nitrogen and oxygen atoms in total. The Bertz CT molecular complexity index is 747. The Balaban J connectivity index is 2.01. The van der Waals surface area contributed by atoms with Gasteiger partial charge in [-0.2, -0.15) is 5.10 Å². The van der Waals surface area contributed by atoms with Crippen LogP contribution in [0.2, 0.25) is 0 Å². The largest absolute Gasteiger partial charge is 0.399 e. The van der Waals surface area contributed by atoms with Crippen molar-refractivity contribution in [3.05, 3.63) is 53.8 Å². The SMILES string of the molecule is Cc1ccc(N)cc1-c1nc(-c2ccc(F)cc2)n[nH]1. The summed E-state index contributed by atoms with van der Waals surface area (Å²) in [6.45, 7) is 1.98. The Hall–Kier alpha value is -2.69. The predicted molar refractivity (Wildman–Crippen MR) is 76.4 cm³/mol. The number of aromatic amines is 1. The summed E-state index contributed by atoms with van der Waals surface area (Å²) in [7, 11) is 0. The van der Waals surface area contributed by atoms with Crippen molar-refractivity contribution in [2.45, 2.75) is 6.92 Å². The molecule has 0 aliphatic rings. The lowest BCUT2D eigenvalue weighted by Crippen LogP contribution is -1.90. The molecule has 3 aromatic rings. The van der Waals surface area contributed by atoms with Gasteiger partial charge in [0.05, 0.1) is 0 Å². The Kier molecular flexibility index (Phi) is 2.95. The summed E-state index contributed by atoms with van der Waals surface area (Å²) in [5.74, 6) is 0.895. The van der Waals surface area contributed by atoms with E-state index >= 15 is 0 Å². The molecule has 3 N–H and O–H groups in total. The summed E-state index contributed by atoms with van der Waals surface area (Å²) in [6, 6.07) is 11.7. The van der Waals surface area contributed by atoms with Crippen LogP contribution in [-0.4, -0.2) is 15.2 Å². The number of hydrogen-bond acceptors (Lipinski definition) is 3. The zero-order valence-corrected chi connectivity index (χ0v) is 10.9. The van der Waals surface area contributed by atoms with Gasteiger partial charge in [0.25, 0.3) is 0 Å². The second-order valence-corrected chi connectivity index (χ2v) is 4.59. The first-order valence-corrected chi connectivity index (χ1v) is 6.18. The summed E-state index contributed by atoms with van der Waals surface area (Å²) in [6.07, 6.45) is 0. The van der Waals surface area contributed by atoms with Crippen molar-refractivity contribution in [1.29, 1.82) is 0 Å². The first-order chi connectivity index (χ1) is 9.63. The maximum absolute atomic E-state index is 12.9. The molecule has 0 radical (unpaired) electrons. The molecule has 0 unspecified atom stereocenters. The zero-order valence-electron chi connectivity index (χ0n) is 10.9. The van der Waals surface area contributed by atoms with Gasteiger partial charge >= 0.3 is 0 Å². The first-order valence-electron chi connectivity index (χ1n) is 6.18. The van der Waals surface area contributed by atoms with Gasteiger partial charge < -0.3 is 5.73 Å². The van der Waals surface area contributed by atoms with Crippen LogP contribution in [0.1, 0.15) is 5.56 Å². The van der Waals surface area contributed by atoms with E-state index in [1.54, 1.807) is 12.1 Å². The van der Waals surface area contributed by atoms with Crippen molar-refractivity contribution in [3.63, 3.8) is 0 Å². The average Bonchev–Trinajstić information content (AvgIpc) is 2.92. The van der Waals surface area contributed by atoms with Gasteiger partial charge in [0.15, 0.2) is 11.6 Å². The summed E-state index contributed by atoms with van der Waals surface area (Å²) < 4.78 is 12.9. The molecule has 0 amide bonds. The molecule has 0 atom stereocenters. The topological polar surface area (TPSA) is 67.6 Å². The minimum Gasteiger partial charge on any atom is -0.399 e. The van der Waals surface area contributed by atoms with E-state index in [9.17, 15) is 4.39 Å². The lowest BCUT2D eigenvalue weighted by Gasteiger charge is -2.02. The molecule has 0 bridgehead atoms. The number of hydrogen-bond donors (Lipinski definition) is 2. The van der Waals surface area contributed by atoms with E-state index in [0.29, 0.717) is 17.3 Å². The van der Waals surface area contributed by atoms with Crippen molar-refractivity contribution in [2.75, 3.05) is 5.73 Å². The normalized spacial score (nSPS) is 10.7. The number of rotatable bonds is 2. The van der Waals surface area contributed by atoms with Crippen LogP contribution in [0.15, 0.2) is 42.5 Å². The smallest absolute Gasteiger partial charge is 0.181 e. The molecular formula is C15H13FN4. The molecule has 0 spiro atoms. The highest BCUT2D eigenvalue weighted by molar-refractivity contribution is 5.67. The number of nitrogens with zero attached hydrogens (tertiary/aromatic N) is 2. The van der Waals surface area contributed by atoms with Crippen molar-refractivity contribution in [2.24, 2.45) is 0 Å². The van der Waals surface area contributed by atoms with E-state index < -0.39 is 0 Å². The molecule has 0 saturated heterocycles. The first kappa shape index (κ1) is 12.3. The van der Waals surface area contributed by atoms with E-state index in [1.807, 2.05) is 25.1 Å². The van der Waals surface area contributed by atoms with Gasteiger partial charge in [-0.3, -0.25) is 5.10 Å². The Morgan fingerprint density at radius 2 is 1.85 bits per heavy atom. The standard InChI is InChI=1S/C15H13FN4/c1-9-2-7-12(17)8-13(9)15-18-14(19-20-15)10-3-5-11(16)6-4-10/h2-8H,17H2,1H3,(H,18,19,20). The van der Waals surface area contributed by atoms with Crippen LogP contribution < -0.4 is 5.73 Å². The third-order valence-corrected chi connectivity index (χ3v) is 3.10. The van der Waals surface area contributed by atoms with Crippen molar-refractivity contribution in [1.82, 2.24) is 15.2 Å². The summed E-state index contributed by atoms with van der Waals surface area (Å²) in [5.41, 5.74) is 9.19. The van der Waals surface area contributed by atoms with Crippen LogP contribution in [0.25, 0.3) is 22.8 Å². The van der Waals surface area contributed by atoms with E-state index in [2.05, 4.69) is 15.2 Å². The molecule has 5 heteroatoms. The summed E-state index contributed by atoms with van der Waals surface area (Å²) in [4.78, 5) is 4.44. The highest BCUT2D eigenvalue weighted by Gasteiger charge is 2.10. The number of anilines is 1. The van der Waals surface area contributed by atoms with Crippen molar-refractivity contribution < 1.29 is 4.39 Å². The van der Waals surface area contributed by atoms with Gasteiger partial charge in [0, 0.05) is 16.8 Å². The molecule has 20 heavy (non-hydrogen) atoms. The molecule has 0 aliphatic heterocycles. The van der Waals surface area contributed by atoms with Crippen molar-refractivity contribution >= 4 is 5.69 Å². The number of halogens is 1. The number of nitrogens with one attached hydrogen (secondary N) is 1. The second-order valence-electron chi connectivity index (χ2n) is 4.59. The lowest BCUT2D eigenvalue weighted by molar-refractivity contribution is 0.628. The fraction of sp³-hybridized carbons (Fsp3) is 0.0667. The predicted octanol–water partition coefficient (Wildman–Crippen LogP) is 3.17. The third kappa shape index (κ3) is 2.25. The van der Waals surface area contributed by atoms with Crippen LogP contribution >= 0.6 is 0 Å². The molecule has 0 aliphatic carbocycles. The van der Waals surface area contributed by atoms with Crippen LogP contribution in [-0.2, 0) is 0 Å². The fourth-order valence-corrected chi connectivity index (χ4v) is 2.01. The number of aromatic nitrogens is 3. The quantitative estimate of drug-likeness (QED) is 0.701. The number of nitrogen functional groups attached to an aromatic ring is 1. The average molecular weight is 268 g/mol. The molecule has 2 aromatic carbocycles. The number of nitrogens with two attached hydrogens (primary N) is 1. The van der Waals surface area contributed by atoms with E-state index in [-0.39, 0.29) is 5.82 Å². The Labute approximate surface area is 115 Å². The molecule has 0 saturated carbocycles. The molecule has 100 valence electrons. The van der Waals surface area contributed by atoms with Gasteiger partial charge in [-0.05, 0) is 48.9 Å². The van der Waals surface area contributed by atoms with Gasteiger partial charge in [-0.1, -0.05) is 6.07 Å². The van der Waals surface area contributed by atoms with Gasteiger partial charge in [-0.15, -0.1) is 0 Å². The minimum atomic E-state index is -0.281. The molecule has 0 fully saturated rings. The highest BCUT2D eigenvalue weighted by Crippen LogP contribution is 2.24. The van der Waals surface area contributed by atoms with E-state index in [0.717, 1.165) is 16.7 Å². The van der Waals surface area contributed by atoms with Gasteiger partial charge in [0.2, 0.25) is 0 Å². The van der Waals surface area contributed by atoms with Gasteiger partial charge in [0.1, 0.15) is 5.82 Å². The van der Waals surface area contributed by atoms with Gasteiger partial charge in [-0.25, -0.2) is 9.37 Å². The molecule has 1 aromatic heterocycles. The second kappa shape index (κ2) is 4.77. The zero-order chi connectivity index (χ0) is 14.1. The van der Waals surface area contributed by atoms with E-state index in [1.165, 1.54) is 12.1 Å². The number of H-pyrrole nitrogens is 1. The maximum Gasteiger partial charge on any atom is 0.181 e. The van der Waals surface area contributed by atoms with Crippen LogP contribution in [0.3, 0.4) is 0 Å². The number of benzene rings is 2. The summed E-state index contributed by atoms with van der Waals surface area (Å²) in [5, 5.41) is 7.06. The van der Waals surface area contributed by atoms with E-state index in [4.69, 9.17) is 5.73 Å². The van der Waals surface area contributed by atoms with Crippen LogP contribution in [0.4, 0.5) is 10.1 Å². The lowest BCUT2D eigenvalue weighted by atomic mass is 10.1. The monoisotopic (exact) mass is 268 g/mol. The molecular weight excluding hydrogens is 255 g/mol. The Morgan fingerprint density at radius 3 is 2.60 bits per heavy atom. The molecule has 3 rings (SSSR count). The molecule has 1 heterocycles. The fourth-order valence-electron chi connectivity index (χ4n) is 2.01. The highest BCUT2D eigenvalue weighted by atomic mass is 19.1. The van der Waals surface area contributed by atoms with Crippen LogP contribution in [0, 0.1) is 12.7 Å². The van der Waals surface area contributed by atoms with Crippen LogP contribution in [0.5, 0.6) is 0 Å². The number of aryl methyl sites for hydroxylation is 1. The third-order valence-electron chi connectivity index (χ3n) is 3.10. The maximum atomic E-state index is 12.9.